The Bertz CT molecular complexity index is 1300. The highest BCUT2D eigenvalue weighted by Crippen LogP contribution is 2.36. The second-order valence-corrected chi connectivity index (χ2v) is 11.0. The molecule has 2 unspecified atom stereocenters. The summed E-state index contributed by atoms with van der Waals surface area (Å²) in [6, 6.07) is 1.85. The molecule has 218 valence electrons. The number of nitrogens with zero attached hydrogens (tertiary/aromatic N) is 2. The van der Waals surface area contributed by atoms with E-state index in [1.807, 2.05) is 4.72 Å². The Morgan fingerprint density at radius 1 is 1.25 bits per heavy atom. The molecule has 4 amide bonds. The average molecular weight is 602 g/mol. The lowest BCUT2D eigenvalue weighted by atomic mass is 9.64. The molecule has 2 aliphatic heterocycles. The summed E-state index contributed by atoms with van der Waals surface area (Å²) in [7, 11) is -5.78. The van der Waals surface area contributed by atoms with E-state index in [4.69, 9.17) is 21.4 Å². The lowest BCUT2D eigenvalue weighted by Crippen LogP contribution is -2.61. The van der Waals surface area contributed by atoms with Crippen LogP contribution in [0.5, 0.6) is 5.75 Å². The van der Waals surface area contributed by atoms with Crippen molar-refractivity contribution in [1.82, 2.24) is 19.8 Å². The van der Waals surface area contributed by atoms with Gasteiger partial charge in [0.05, 0.1) is 11.6 Å². The number of nitrogens with one attached hydrogen (secondary N) is 2. The van der Waals surface area contributed by atoms with E-state index in [1.165, 1.54) is 17.0 Å². The van der Waals surface area contributed by atoms with Crippen molar-refractivity contribution < 1.29 is 47.2 Å². The van der Waals surface area contributed by atoms with Crippen molar-refractivity contribution in [1.29, 1.82) is 0 Å². The van der Waals surface area contributed by atoms with Gasteiger partial charge in [0.1, 0.15) is 5.75 Å². The van der Waals surface area contributed by atoms with E-state index in [0.717, 1.165) is 0 Å². The summed E-state index contributed by atoms with van der Waals surface area (Å²) in [6.45, 7) is 1.43. The van der Waals surface area contributed by atoms with Gasteiger partial charge in [0.2, 0.25) is 0 Å². The number of amides is 4. The smallest absolute Gasteiger partial charge is 0.526 e. The van der Waals surface area contributed by atoms with Gasteiger partial charge in [0.25, 0.3) is 10.2 Å². The Kier molecular flexibility index (Phi) is 10.1. The number of para-hydroxylation sites is 1. The van der Waals surface area contributed by atoms with Crippen LogP contribution < -0.4 is 19.8 Å². The molecule has 0 saturated carbocycles. The van der Waals surface area contributed by atoms with Crippen LogP contribution in [0.4, 0.5) is 4.79 Å². The fourth-order valence-corrected chi connectivity index (χ4v) is 5.27. The molecule has 0 radical (unpaired) electrons. The summed E-state index contributed by atoms with van der Waals surface area (Å²) in [5.74, 6) is -6.21. The molecule has 1 fully saturated rings. The van der Waals surface area contributed by atoms with Crippen molar-refractivity contribution in [2.75, 3.05) is 32.1 Å². The predicted octanol–water partition coefficient (Wildman–Crippen LogP) is -1.45. The molecule has 3 atom stereocenters. The standard InChI is InChI=1S/C22H29BClN5O10S/c1-2-28-6-7-29(20(32)19(28)31)22(35)27-17(13(10-24)11-26-40(25,37)38)16(30)9-14-8-12-4-3-5-15(21(33)34)18(12)39-23(14)36/h3-5,13-14,17,26,36H,2,6-11H2,1H3,(H,27,35)(H,33,34)(H2,25,37,38)/t13?,14-,17?/m1/s1. The predicted molar refractivity (Wildman–Crippen MR) is 141 cm³/mol. The first-order chi connectivity index (χ1) is 18.8. The number of urea groups is 1. The van der Waals surface area contributed by atoms with Crippen molar-refractivity contribution in [3.8, 4) is 5.75 Å². The Labute approximate surface area is 235 Å². The number of Topliss-reactive ketones (excluding diaryl/α,β-unsaturated/α-hetero) is 1. The topological polar surface area (TPSA) is 226 Å². The van der Waals surface area contributed by atoms with Gasteiger partial charge in [-0.05, 0) is 25.0 Å². The number of nitrogens with two attached hydrogens (primary N) is 1. The van der Waals surface area contributed by atoms with Crippen LogP contribution in [-0.2, 0) is 31.0 Å². The van der Waals surface area contributed by atoms with Crippen molar-refractivity contribution >= 4 is 58.5 Å². The maximum Gasteiger partial charge on any atom is 0.526 e. The summed E-state index contributed by atoms with van der Waals surface area (Å²) in [5.41, 5.74) is 0.274. The van der Waals surface area contributed by atoms with E-state index in [1.54, 1.807) is 13.0 Å². The van der Waals surface area contributed by atoms with Crippen LogP contribution in [0.2, 0.25) is 5.82 Å². The van der Waals surface area contributed by atoms with Crippen molar-refractivity contribution in [2.24, 2.45) is 11.1 Å². The number of benzene rings is 1. The van der Waals surface area contributed by atoms with Crippen LogP contribution in [0.3, 0.4) is 0 Å². The zero-order valence-corrected chi connectivity index (χ0v) is 23.0. The third kappa shape index (κ3) is 7.28. The van der Waals surface area contributed by atoms with Crippen LogP contribution in [0.15, 0.2) is 18.2 Å². The molecule has 1 aromatic carbocycles. The zero-order valence-electron chi connectivity index (χ0n) is 21.4. The summed E-state index contributed by atoms with van der Waals surface area (Å²) < 4.78 is 30.4. The summed E-state index contributed by atoms with van der Waals surface area (Å²) in [4.78, 5) is 64.7. The number of carboxylic acid groups (broad SMARTS) is 1. The maximum absolute atomic E-state index is 13.5. The van der Waals surface area contributed by atoms with Gasteiger partial charge in [-0.25, -0.2) is 19.5 Å². The van der Waals surface area contributed by atoms with Crippen LogP contribution in [-0.4, -0.2) is 103 Å². The first-order valence-corrected chi connectivity index (χ1v) is 14.3. The summed E-state index contributed by atoms with van der Waals surface area (Å²) in [5, 5.41) is 27.3. The molecule has 40 heavy (non-hydrogen) atoms. The normalized spacial score (nSPS) is 19.0. The zero-order chi connectivity index (χ0) is 29.8. The first kappa shape index (κ1) is 31.3. The molecule has 2 aliphatic rings. The third-order valence-electron chi connectivity index (χ3n) is 6.69. The Morgan fingerprint density at radius 3 is 2.55 bits per heavy atom. The fraction of sp³-hybridized carbons (Fsp3) is 0.500. The Hall–Kier alpha value is -3.25. The SMILES string of the molecule is CCN1CCN(C(=O)NC(C(=O)C[C@H]2Cc3cccc(C(=O)O)c3OB2O)C(CCl)CNS(N)(=O)=O)C(=O)C1=O. The third-order valence-corrected chi connectivity index (χ3v) is 7.66. The van der Waals surface area contributed by atoms with Crippen molar-refractivity contribution in [3.63, 3.8) is 0 Å². The lowest BCUT2D eigenvalue weighted by molar-refractivity contribution is -0.153. The largest absolute Gasteiger partial charge is 0.535 e. The molecule has 0 spiro atoms. The number of carbonyl (C=O) groups excluding carboxylic acids is 4. The molecule has 1 saturated heterocycles. The monoisotopic (exact) mass is 601 g/mol. The fourth-order valence-electron chi connectivity index (χ4n) is 4.54. The second-order valence-electron chi connectivity index (χ2n) is 9.32. The molecular weight excluding hydrogens is 573 g/mol. The molecule has 18 heteroatoms. The molecule has 3 rings (SSSR count). The highest BCUT2D eigenvalue weighted by molar-refractivity contribution is 7.87. The van der Waals surface area contributed by atoms with Crippen LogP contribution in [0, 0.1) is 5.92 Å². The van der Waals surface area contributed by atoms with Gasteiger partial charge in [-0.1, -0.05) is 12.1 Å². The van der Waals surface area contributed by atoms with Gasteiger partial charge in [-0.15, -0.1) is 11.6 Å². The number of alkyl halides is 1. The van der Waals surface area contributed by atoms with Gasteiger partial charge in [-0.2, -0.15) is 8.42 Å². The number of carbonyl (C=O) groups is 5. The number of rotatable bonds is 11. The lowest BCUT2D eigenvalue weighted by Gasteiger charge is -2.34. The van der Waals surface area contributed by atoms with E-state index in [-0.39, 0.29) is 43.2 Å². The number of fused-ring (bicyclic) bond motifs is 1. The van der Waals surface area contributed by atoms with E-state index < -0.39 is 77.7 Å². The number of ketones is 1. The minimum Gasteiger partial charge on any atom is -0.535 e. The first-order valence-electron chi connectivity index (χ1n) is 12.2. The second kappa shape index (κ2) is 12.9. The van der Waals surface area contributed by atoms with Gasteiger partial charge < -0.3 is 25.0 Å². The van der Waals surface area contributed by atoms with E-state index in [2.05, 4.69) is 5.32 Å². The van der Waals surface area contributed by atoms with E-state index in [9.17, 15) is 42.5 Å². The number of likely N-dealkylation sites (N-methyl/N-ethyl adjacent to an activating group) is 1. The molecule has 0 bridgehead atoms. The Balaban J connectivity index is 1.83. The highest BCUT2D eigenvalue weighted by Gasteiger charge is 2.42. The number of halogens is 1. The van der Waals surface area contributed by atoms with Crippen LogP contribution >= 0.6 is 11.6 Å². The Morgan fingerprint density at radius 2 is 1.95 bits per heavy atom. The number of piperazine rings is 1. The maximum atomic E-state index is 13.5. The molecular formula is C22H29BClN5O10S. The summed E-state index contributed by atoms with van der Waals surface area (Å²) in [6.07, 6.45) is -0.348. The molecule has 1 aromatic rings. The minimum atomic E-state index is -4.20. The van der Waals surface area contributed by atoms with Crippen molar-refractivity contribution in [2.45, 2.75) is 31.6 Å². The molecule has 2 heterocycles. The minimum absolute atomic E-state index is 0.0264. The van der Waals surface area contributed by atoms with Gasteiger partial charge in [-0.3, -0.25) is 19.3 Å². The number of imide groups is 1. The summed E-state index contributed by atoms with van der Waals surface area (Å²) >= 11 is 6.03. The van der Waals surface area contributed by atoms with Crippen LogP contribution in [0.1, 0.15) is 29.3 Å². The van der Waals surface area contributed by atoms with E-state index >= 15 is 0 Å². The number of hydrogen-bond acceptors (Lipinski definition) is 9. The van der Waals surface area contributed by atoms with Gasteiger partial charge in [0.15, 0.2) is 5.78 Å². The molecule has 0 aromatic heterocycles. The van der Waals surface area contributed by atoms with Crippen LogP contribution in [0.25, 0.3) is 0 Å². The van der Waals surface area contributed by atoms with Gasteiger partial charge >= 0.3 is 30.9 Å². The molecule has 15 nitrogen and oxygen atoms in total. The highest BCUT2D eigenvalue weighted by atomic mass is 35.5. The average Bonchev–Trinajstić information content (AvgIpc) is 2.89. The molecule has 0 aliphatic carbocycles. The van der Waals surface area contributed by atoms with Gasteiger partial charge in [0, 0.05) is 50.2 Å². The number of aromatic carboxylic acids is 1. The van der Waals surface area contributed by atoms with Crippen molar-refractivity contribution in [3.05, 3.63) is 29.3 Å². The number of carboxylic acids is 1. The van der Waals surface area contributed by atoms with E-state index in [0.29, 0.717) is 10.5 Å². The molecule has 6 N–H and O–H groups in total. The quantitative estimate of drug-likeness (QED) is 0.113. The number of hydrogen-bond donors (Lipinski definition) is 5.